The molecule has 4 rings (SSSR count). The molecule has 0 saturated carbocycles. The van der Waals surface area contributed by atoms with Crippen molar-refractivity contribution in [2.75, 3.05) is 11.9 Å². The lowest BCUT2D eigenvalue weighted by molar-refractivity contribution is -0.131. The molecule has 1 atom stereocenters. The van der Waals surface area contributed by atoms with Crippen LogP contribution >= 0.6 is 0 Å². The lowest BCUT2D eigenvalue weighted by atomic mass is 10.0. The summed E-state index contributed by atoms with van der Waals surface area (Å²) < 4.78 is 15.8. The van der Waals surface area contributed by atoms with Gasteiger partial charge in [-0.2, -0.15) is 0 Å². The summed E-state index contributed by atoms with van der Waals surface area (Å²) in [7, 11) is 0. The fourth-order valence-corrected chi connectivity index (χ4v) is 4.07. The largest absolute Gasteiger partial charge is 0.373 e. The summed E-state index contributed by atoms with van der Waals surface area (Å²) in [5.41, 5.74) is 3.62. The Morgan fingerprint density at radius 2 is 2.10 bits per heavy atom. The second kappa shape index (κ2) is 8.49. The lowest BCUT2D eigenvalue weighted by Crippen LogP contribution is -2.34. The van der Waals surface area contributed by atoms with Crippen LogP contribution in [0.2, 0.25) is 0 Å². The fourth-order valence-electron chi connectivity index (χ4n) is 4.07. The Labute approximate surface area is 182 Å². The van der Waals surface area contributed by atoms with E-state index >= 15 is 0 Å². The highest BCUT2D eigenvalue weighted by molar-refractivity contribution is 5.78. The molecule has 0 unspecified atom stereocenters. The number of carbonyl (C=O) groups excluding carboxylic acids is 1. The van der Waals surface area contributed by atoms with E-state index in [4.69, 9.17) is 0 Å². The molecule has 1 aliphatic rings. The standard InChI is InChI=1S/C24H28FN5O/c1-5-29(14-17-11-18(25)9-8-16(17)4)22(31)12-20-21-13-27-23(15(2)3)30(21)24-19(28-20)7-6-10-26-24/h6-11,13,15,20,28H,5,12,14H2,1-4H3/t20-/m1/s1. The summed E-state index contributed by atoms with van der Waals surface area (Å²) in [5, 5.41) is 3.47. The Morgan fingerprint density at radius 3 is 2.84 bits per heavy atom. The summed E-state index contributed by atoms with van der Waals surface area (Å²) in [6.07, 6.45) is 3.88. The molecule has 1 N–H and O–H groups in total. The fraction of sp³-hybridized carbons (Fsp3) is 0.375. The molecule has 162 valence electrons. The third kappa shape index (κ3) is 4.04. The maximum atomic E-state index is 13.7. The number of aromatic nitrogens is 3. The molecule has 0 fully saturated rings. The Balaban J connectivity index is 1.60. The molecule has 1 amide bonds. The molecule has 0 bridgehead atoms. The molecule has 0 spiro atoms. The number of nitrogens with zero attached hydrogens (tertiary/aromatic N) is 4. The van der Waals surface area contributed by atoms with Gasteiger partial charge in [-0.1, -0.05) is 19.9 Å². The van der Waals surface area contributed by atoms with Gasteiger partial charge in [0.25, 0.3) is 0 Å². The van der Waals surface area contributed by atoms with Gasteiger partial charge in [-0.05, 0) is 49.2 Å². The van der Waals surface area contributed by atoms with Crippen LogP contribution in [0.25, 0.3) is 5.82 Å². The monoisotopic (exact) mass is 421 g/mol. The number of imidazole rings is 1. The SMILES string of the molecule is CCN(Cc1cc(F)ccc1C)C(=O)C[C@H]1Nc2cccnc2-n2c1cnc2C(C)C. The normalized spacial score (nSPS) is 14.7. The zero-order valence-electron chi connectivity index (χ0n) is 18.4. The molecule has 0 saturated heterocycles. The second-order valence-electron chi connectivity index (χ2n) is 8.29. The second-order valence-corrected chi connectivity index (χ2v) is 8.29. The molecule has 2 aromatic heterocycles. The van der Waals surface area contributed by atoms with E-state index in [0.717, 1.165) is 34.2 Å². The van der Waals surface area contributed by atoms with Crippen molar-refractivity contribution in [2.24, 2.45) is 0 Å². The molecular formula is C24H28FN5O. The van der Waals surface area contributed by atoms with E-state index in [1.165, 1.54) is 12.1 Å². The maximum Gasteiger partial charge on any atom is 0.225 e. The highest BCUT2D eigenvalue weighted by Gasteiger charge is 2.31. The Hall–Kier alpha value is -3.22. The van der Waals surface area contributed by atoms with Crippen molar-refractivity contribution in [3.8, 4) is 5.82 Å². The number of pyridine rings is 1. The van der Waals surface area contributed by atoms with E-state index in [-0.39, 0.29) is 30.1 Å². The summed E-state index contributed by atoms with van der Waals surface area (Å²) in [6.45, 7) is 9.02. The van der Waals surface area contributed by atoms with Gasteiger partial charge >= 0.3 is 0 Å². The number of aryl methyl sites for hydroxylation is 1. The predicted octanol–water partition coefficient (Wildman–Crippen LogP) is 4.74. The minimum Gasteiger partial charge on any atom is -0.373 e. The number of amides is 1. The number of hydrogen-bond acceptors (Lipinski definition) is 4. The van der Waals surface area contributed by atoms with Gasteiger partial charge in [0.2, 0.25) is 5.91 Å². The van der Waals surface area contributed by atoms with E-state index in [1.54, 1.807) is 17.2 Å². The highest BCUT2D eigenvalue weighted by Crippen LogP contribution is 2.36. The van der Waals surface area contributed by atoms with Crippen LogP contribution in [0.1, 0.15) is 61.8 Å². The summed E-state index contributed by atoms with van der Waals surface area (Å²) in [4.78, 5) is 24.2. The molecule has 1 aliphatic heterocycles. The van der Waals surface area contributed by atoms with Gasteiger partial charge in [-0.3, -0.25) is 9.36 Å². The number of nitrogens with one attached hydrogen (secondary N) is 1. The Kier molecular flexibility index (Phi) is 5.76. The Bertz CT molecular complexity index is 1110. The van der Waals surface area contributed by atoms with Gasteiger partial charge in [-0.25, -0.2) is 14.4 Å². The molecule has 3 heterocycles. The van der Waals surface area contributed by atoms with Crippen LogP contribution in [0, 0.1) is 12.7 Å². The molecule has 1 aromatic carbocycles. The zero-order valence-corrected chi connectivity index (χ0v) is 18.4. The number of fused-ring (bicyclic) bond motifs is 3. The number of halogens is 1. The van der Waals surface area contributed by atoms with Crippen LogP contribution in [-0.4, -0.2) is 31.9 Å². The van der Waals surface area contributed by atoms with Crippen LogP contribution < -0.4 is 5.32 Å². The van der Waals surface area contributed by atoms with Crippen LogP contribution in [0.4, 0.5) is 10.1 Å². The molecule has 31 heavy (non-hydrogen) atoms. The minimum atomic E-state index is -0.285. The van der Waals surface area contributed by atoms with Crippen LogP contribution in [0.15, 0.2) is 42.7 Å². The first-order valence-corrected chi connectivity index (χ1v) is 10.7. The van der Waals surface area contributed by atoms with Gasteiger partial charge in [0.1, 0.15) is 11.6 Å². The van der Waals surface area contributed by atoms with Gasteiger partial charge in [0, 0.05) is 25.2 Å². The van der Waals surface area contributed by atoms with E-state index in [2.05, 4.69) is 33.7 Å². The smallest absolute Gasteiger partial charge is 0.225 e. The average molecular weight is 422 g/mol. The number of rotatable bonds is 6. The van der Waals surface area contributed by atoms with Gasteiger partial charge in [0.15, 0.2) is 5.82 Å². The molecule has 0 aliphatic carbocycles. The van der Waals surface area contributed by atoms with Gasteiger partial charge in [0.05, 0.1) is 30.0 Å². The van der Waals surface area contributed by atoms with E-state index in [1.807, 2.05) is 32.2 Å². The van der Waals surface area contributed by atoms with Crippen LogP contribution in [0.3, 0.4) is 0 Å². The van der Waals surface area contributed by atoms with Crippen molar-refractivity contribution in [1.82, 2.24) is 19.4 Å². The Morgan fingerprint density at radius 1 is 1.29 bits per heavy atom. The molecule has 3 aromatic rings. The number of benzene rings is 1. The maximum absolute atomic E-state index is 13.7. The third-order valence-corrected chi connectivity index (χ3v) is 5.80. The molecular weight excluding hydrogens is 393 g/mol. The van der Waals surface area contributed by atoms with E-state index in [9.17, 15) is 9.18 Å². The van der Waals surface area contributed by atoms with Crippen molar-refractivity contribution in [2.45, 2.75) is 52.6 Å². The van der Waals surface area contributed by atoms with Crippen molar-refractivity contribution < 1.29 is 9.18 Å². The minimum absolute atomic E-state index is 0.00912. The summed E-state index contributed by atoms with van der Waals surface area (Å²) >= 11 is 0. The number of carbonyl (C=O) groups is 1. The quantitative estimate of drug-likeness (QED) is 0.624. The topological polar surface area (TPSA) is 63.1 Å². The predicted molar refractivity (Wildman–Crippen MR) is 119 cm³/mol. The number of anilines is 1. The first-order valence-electron chi connectivity index (χ1n) is 10.7. The van der Waals surface area contributed by atoms with Gasteiger partial charge < -0.3 is 10.2 Å². The number of hydrogen-bond donors (Lipinski definition) is 1. The summed E-state index contributed by atoms with van der Waals surface area (Å²) in [5.74, 6) is 1.69. The lowest BCUT2D eigenvalue weighted by Gasteiger charge is -2.30. The highest BCUT2D eigenvalue weighted by atomic mass is 19.1. The molecule has 6 nitrogen and oxygen atoms in total. The van der Waals surface area contributed by atoms with E-state index in [0.29, 0.717) is 13.1 Å². The van der Waals surface area contributed by atoms with Crippen LogP contribution in [-0.2, 0) is 11.3 Å². The van der Waals surface area contributed by atoms with Crippen molar-refractivity contribution in [3.63, 3.8) is 0 Å². The first kappa shape index (κ1) is 21.0. The van der Waals surface area contributed by atoms with E-state index < -0.39 is 0 Å². The molecule has 7 heteroatoms. The summed E-state index contributed by atoms with van der Waals surface area (Å²) in [6, 6.07) is 8.35. The van der Waals surface area contributed by atoms with Crippen LogP contribution in [0.5, 0.6) is 0 Å². The zero-order chi connectivity index (χ0) is 22.1. The average Bonchev–Trinajstić information content (AvgIpc) is 3.20. The third-order valence-electron chi connectivity index (χ3n) is 5.80. The first-order chi connectivity index (χ1) is 14.9. The van der Waals surface area contributed by atoms with Crippen molar-refractivity contribution in [3.05, 3.63) is 71.2 Å². The van der Waals surface area contributed by atoms with Crippen molar-refractivity contribution >= 4 is 11.6 Å². The van der Waals surface area contributed by atoms with Gasteiger partial charge in [-0.15, -0.1) is 0 Å². The van der Waals surface area contributed by atoms with Crippen molar-refractivity contribution in [1.29, 1.82) is 0 Å². The molecule has 0 radical (unpaired) electrons.